The maximum absolute atomic E-state index is 6.20. The summed E-state index contributed by atoms with van der Waals surface area (Å²) in [5, 5.41) is 4.23. The van der Waals surface area contributed by atoms with Gasteiger partial charge >= 0.3 is 0 Å². The van der Waals surface area contributed by atoms with Gasteiger partial charge in [0.1, 0.15) is 0 Å². The molecule has 0 amide bonds. The van der Waals surface area contributed by atoms with E-state index in [9.17, 15) is 0 Å². The highest BCUT2D eigenvalue weighted by atomic mass is 16.5. The zero-order valence-corrected chi connectivity index (χ0v) is 9.22. The minimum atomic E-state index is -0.0345. The van der Waals surface area contributed by atoms with Crippen LogP contribution in [0.1, 0.15) is 37.9 Å². The second-order valence-electron chi connectivity index (χ2n) is 4.00. The number of ether oxygens (including phenoxy) is 1. The van der Waals surface area contributed by atoms with E-state index in [0.717, 1.165) is 31.7 Å². The summed E-state index contributed by atoms with van der Waals surface area (Å²) in [4.78, 5) is 0. The van der Waals surface area contributed by atoms with Crippen LogP contribution in [0.25, 0.3) is 0 Å². The highest BCUT2D eigenvalue weighted by molar-refractivity contribution is 5.08. The Bertz CT molecular complexity index is 305. The highest BCUT2D eigenvalue weighted by Gasteiger charge is 2.24. The molecule has 4 nitrogen and oxygen atoms in total. The van der Waals surface area contributed by atoms with E-state index < -0.39 is 0 Å². The van der Waals surface area contributed by atoms with Crippen LogP contribution in [0.15, 0.2) is 12.3 Å². The van der Waals surface area contributed by atoms with Crippen LogP contribution >= 0.6 is 0 Å². The lowest BCUT2D eigenvalue weighted by molar-refractivity contribution is -0.00157. The average molecular weight is 209 g/mol. The molecular weight excluding hydrogens is 190 g/mol. The Morgan fingerprint density at radius 2 is 2.53 bits per heavy atom. The first-order chi connectivity index (χ1) is 7.33. The van der Waals surface area contributed by atoms with Gasteiger partial charge in [-0.25, -0.2) is 0 Å². The Morgan fingerprint density at radius 1 is 1.67 bits per heavy atom. The third-order valence-corrected chi connectivity index (χ3v) is 3.01. The first kappa shape index (κ1) is 10.6. The van der Waals surface area contributed by atoms with E-state index in [-0.39, 0.29) is 12.1 Å². The molecule has 0 aromatic carbocycles. The Hall–Kier alpha value is -0.870. The quantitative estimate of drug-likeness (QED) is 0.820. The molecule has 1 aliphatic rings. The molecule has 0 bridgehead atoms. The maximum Gasteiger partial charge on any atom is 0.0782 e. The minimum Gasteiger partial charge on any atom is -0.376 e. The molecule has 1 saturated heterocycles. The Labute approximate surface area is 90.4 Å². The van der Waals surface area contributed by atoms with Crippen molar-refractivity contribution in [2.45, 2.75) is 44.9 Å². The molecule has 2 heterocycles. The predicted molar refractivity (Wildman–Crippen MR) is 58.4 cm³/mol. The number of aromatic nitrogens is 2. The summed E-state index contributed by atoms with van der Waals surface area (Å²) in [5.41, 5.74) is 7.29. The van der Waals surface area contributed by atoms with Gasteiger partial charge in [0.2, 0.25) is 0 Å². The van der Waals surface area contributed by atoms with Crippen molar-refractivity contribution in [3.8, 4) is 0 Å². The van der Waals surface area contributed by atoms with Crippen molar-refractivity contribution in [1.29, 1.82) is 0 Å². The van der Waals surface area contributed by atoms with Gasteiger partial charge in [0, 0.05) is 19.3 Å². The van der Waals surface area contributed by atoms with Crippen molar-refractivity contribution in [2.24, 2.45) is 5.73 Å². The van der Waals surface area contributed by atoms with E-state index in [1.54, 1.807) is 0 Å². The number of hydrogen-bond donors (Lipinski definition) is 1. The molecule has 0 radical (unpaired) electrons. The van der Waals surface area contributed by atoms with E-state index in [1.165, 1.54) is 6.42 Å². The summed E-state index contributed by atoms with van der Waals surface area (Å²) in [7, 11) is 0. The SMILES string of the molecule is CCn1nccc1C(N)C1CCCCO1. The summed E-state index contributed by atoms with van der Waals surface area (Å²) in [6, 6.07) is 1.96. The zero-order valence-electron chi connectivity index (χ0n) is 9.22. The molecule has 1 aromatic rings. The molecule has 2 N–H and O–H groups in total. The second-order valence-corrected chi connectivity index (χ2v) is 4.00. The molecule has 1 aliphatic heterocycles. The first-order valence-electron chi connectivity index (χ1n) is 5.72. The van der Waals surface area contributed by atoms with Gasteiger partial charge in [-0.05, 0) is 32.3 Å². The fourth-order valence-electron chi connectivity index (χ4n) is 2.13. The third kappa shape index (κ3) is 2.21. The molecule has 15 heavy (non-hydrogen) atoms. The van der Waals surface area contributed by atoms with Crippen molar-refractivity contribution in [3.05, 3.63) is 18.0 Å². The average Bonchev–Trinajstić information content (AvgIpc) is 2.77. The highest BCUT2D eigenvalue weighted by Crippen LogP contribution is 2.24. The number of nitrogens with zero attached hydrogens (tertiary/aromatic N) is 2. The molecule has 0 saturated carbocycles. The van der Waals surface area contributed by atoms with Crippen molar-refractivity contribution in [3.63, 3.8) is 0 Å². The Morgan fingerprint density at radius 3 is 3.20 bits per heavy atom. The lowest BCUT2D eigenvalue weighted by Crippen LogP contribution is -2.33. The Kier molecular flexibility index (Phi) is 3.38. The molecular formula is C11H19N3O. The van der Waals surface area contributed by atoms with Crippen molar-refractivity contribution >= 4 is 0 Å². The summed E-state index contributed by atoms with van der Waals surface area (Å²) in [6.07, 6.45) is 5.42. The van der Waals surface area contributed by atoms with E-state index in [4.69, 9.17) is 10.5 Å². The third-order valence-electron chi connectivity index (χ3n) is 3.01. The molecule has 1 fully saturated rings. The van der Waals surface area contributed by atoms with Gasteiger partial charge in [0.15, 0.2) is 0 Å². The molecule has 0 spiro atoms. The predicted octanol–water partition coefficient (Wildman–Crippen LogP) is 1.47. The van der Waals surface area contributed by atoms with Crippen LogP contribution < -0.4 is 5.73 Å². The van der Waals surface area contributed by atoms with Crippen LogP contribution in [0.3, 0.4) is 0 Å². The standard InChI is InChI=1S/C11H19N3O/c1-2-14-9(6-7-13-14)11(12)10-5-3-4-8-15-10/h6-7,10-11H,2-5,8,12H2,1H3. The molecule has 84 valence electrons. The van der Waals surface area contributed by atoms with E-state index in [1.807, 2.05) is 16.9 Å². The number of rotatable bonds is 3. The monoisotopic (exact) mass is 209 g/mol. The van der Waals surface area contributed by atoms with E-state index in [2.05, 4.69) is 12.0 Å². The van der Waals surface area contributed by atoms with E-state index in [0.29, 0.717) is 0 Å². The van der Waals surface area contributed by atoms with Crippen LogP contribution in [0.2, 0.25) is 0 Å². The minimum absolute atomic E-state index is 0.0345. The van der Waals surface area contributed by atoms with Crippen LogP contribution in [-0.2, 0) is 11.3 Å². The zero-order chi connectivity index (χ0) is 10.7. The first-order valence-corrected chi connectivity index (χ1v) is 5.72. The van der Waals surface area contributed by atoms with Crippen molar-refractivity contribution in [2.75, 3.05) is 6.61 Å². The fourth-order valence-corrected chi connectivity index (χ4v) is 2.13. The van der Waals surface area contributed by atoms with Gasteiger partial charge in [-0.2, -0.15) is 5.10 Å². The smallest absolute Gasteiger partial charge is 0.0782 e. The van der Waals surface area contributed by atoms with Gasteiger partial charge in [-0.15, -0.1) is 0 Å². The lowest BCUT2D eigenvalue weighted by Gasteiger charge is -2.28. The molecule has 2 unspecified atom stereocenters. The summed E-state index contributed by atoms with van der Waals surface area (Å²) in [6.45, 7) is 3.78. The van der Waals surface area contributed by atoms with Gasteiger partial charge in [-0.1, -0.05) is 0 Å². The molecule has 0 aliphatic carbocycles. The van der Waals surface area contributed by atoms with Crippen molar-refractivity contribution in [1.82, 2.24) is 9.78 Å². The molecule has 4 heteroatoms. The van der Waals surface area contributed by atoms with Crippen LogP contribution in [0, 0.1) is 0 Å². The fraction of sp³-hybridized carbons (Fsp3) is 0.727. The maximum atomic E-state index is 6.20. The number of hydrogen-bond acceptors (Lipinski definition) is 3. The lowest BCUT2D eigenvalue weighted by atomic mass is 10.0. The molecule has 2 rings (SSSR count). The summed E-state index contributed by atoms with van der Waals surface area (Å²) < 4.78 is 7.64. The molecule has 1 aromatic heterocycles. The Balaban J connectivity index is 2.08. The van der Waals surface area contributed by atoms with Crippen LogP contribution in [0.5, 0.6) is 0 Å². The van der Waals surface area contributed by atoms with Crippen LogP contribution in [0.4, 0.5) is 0 Å². The van der Waals surface area contributed by atoms with Gasteiger partial charge < -0.3 is 10.5 Å². The van der Waals surface area contributed by atoms with Crippen LogP contribution in [-0.4, -0.2) is 22.5 Å². The molecule has 2 atom stereocenters. The van der Waals surface area contributed by atoms with Gasteiger partial charge in [-0.3, -0.25) is 4.68 Å². The summed E-state index contributed by atoms with van der Waals surface area (Å²) >= 11 is 0. The normalized spacial score (nSPS) is 24.0. The number of nitrogens with two attached hydrogens (primary N) is 1. The van der Waals surface area contributed by atoms with Crippen molar-refractivity contribution < 1.29 is 4.74 Å². The largest absolute Gasteiger partial charge is 0.376 e. The van der Waals surface area contributed by atoms with Gasteiger partial charge in [0.05, 0.1) is 17.8 Å². The number of aryl methyl sites for hydroxylation is 1. The topological polar surface area (TPSA) is 53.1 Å². The summed E-state index contributed by atoms with van der Waals surface area (Å²) in [5.74, 6) is 0. The second kappa shape index (κ2) is 4.77. The van der Waals surface area contributed by atoms with Gasteiger partial charge in [0.25, 0.3) is 0 Å². The van der Waals surface area contributed by atoms with E-state index >= 15 is 0 Å².